The molecule has 1 aliphatic heterocycles. The van der Waals surface area contributed by atoms with Gasteiger partial charge >= 0.3 is 5.97 Å². The number of methoxy groups -OCH3 is 1. The average Bonchev–Trinajstić information content (AvgIpc) is 2.94. The van der Waals surface area contributed by atoms with Crippen LogP contribution in [0.5, 0.6) is 0 Å². The Kier molecular flexibility index (Phi) is 6.36. The van der Waals surface area contributed by atoms with Crippen LogP contribution in [0.15, 0.2) is 65.9 Å². The Morgan fingerprint density at radius 1 is 1.36 bits per heavy atom. The number of Topliss-reactive ketones (excluding diaryl/α,β-unsaturated/α-hetero) is 1. The third-order valence-corrected chi connectivity index (χ3v) is 3.50. The Bertz CT molecular complexity index is 782. The number of nitrogens with one attached hydrogen (secondary N) is 1. The predicted molar refractivity (Wildman–Crippen MR) is 101 cm³/mol. The average molecular weight is 355 g/mol. The monoisotopic (exact) mass is 355 g/mol. The largest absolute Gasteiger partial charge is 0.466 e. The molecule has 0 fully saturated rings. The highest BCUT2D eigenvalue weighted by Crippen LogP contribution is 2.18. The van der Waals surface area contributed by atoms with Gasteiger partial charge in [0.15, 0.2) is 5.11 Å². The highest BCUT2D eigenvalue weighted by Gasteiger charge is 2.32. The van der Waals surface area contributed by atoms with Gasteiger partial charge in [-0.2, -0.15) is 5.10 Å². The lowest BCUT2D eigenvalue weighted by molar-refractivity contribution is -0.135. The summed E-state index contributed by atoms with van der Waals surface area (Å²) in [5.74, 6) is -1.08. The van der Waals surface area contributed by atoms with Gasteiger partial charge in [0, 0.05) is 6.54 Å². The number of carbonyl (C=O) groups is 2. The minimum Gasteiger partial charge on any atom is -0.466 e. The Morgan fingerprint density at radius 2 is 2.08 bits per heavy atom. The summed E-state index contributed by atoms with van der Waals surface area (Å²) in [5, 5.41) is 8.48. The zero-order chi connectivity index (χ0) is 18.2. The SMILES string of the molecule is C=CCNC(=S)N1N=C(/C=C/c2ccccc2)C(=O)/C1=C\C(=O)OC. The zero-order valence-electron chi connectivity index (χ0n) is 13.6. The molecule has 6 nitrogen and oxygen atoms in total. The van der Waals surface area contributed by atoms with Crippen molar-refractivity contribution in [2.45, 2.75) is 0 Å². The van der Waals surface area contributed by atoms with Crippen LogP contribution in [0.2, 0.25) is 0 Å². The zero-order valence-corrected chi connectivity index (χ0v) is 14.5. The Hall–Kier alpha value is -3.06. The maximum absolute atomic E-state index is 12.6. The molecular weight excluding hydrogens is 338 g/mol. The summed E-state index contributed by atoms with van der Waals surface area (Å²) in [5.41, 5.74) is 1.12. The molecule has 128 valence electrons. The Labute approximate surface area is 151 Å². The molecule has 25 heavy (non-hydrogen) atoms. The number of hydrogen-bond acceptors (Lipinski definition) is 5. The van der Waals surface area contributed by atoms with Crippen molar-refractivity contribution in [3.8, 4) is 0 Å². The molecule has 0 aliphatic carbocycles. The minimum atomic E-state index is -0.664. The molecule has 0 spiro atoms. The quantitative estimate of drug-likeness (QED) is 0.377. The third kappa shape index (κ3) is 4.71. The fourth-order valence-corrected chi connectivity index (χ4v) is 2.19. The lowest BCUT2D eigenvalue weighted by Crippen LogP contribution is -2.35. The lowest BCUT2D eigenvalue weighted by atomic mass is 10.1. The van der Waals surface area contributed by atoms with E-state index < -0.39 is 11.8 Å². The molecule has 0 radical (unpaired) electrons. The fraction of sp³-hybridized carbons (Fsp3) is 0.111. The number of esters is 1. The second kappa shape index (κ2) is 8.70. The van der Waals surface area contributed by atoms with E-state index in [0.29, 0.717) is 6.54 Å². The first-order chi connectivity index (χ1) is 12.1. The summed E-state index contributed by atoms with van der Waals surface area (Å²) in [6, 6.07) is 9.48. The van der Waals surface area contributed by atoms with Crippen molar-refractivity contribution in [1.82, 2.24) is 10.3 Å². The van der Waals surface area contributed by atoms with Crippen molar-refractivity contribution in [1.29, 1.82) is 0 Å². The van der Waals surface area contributed by atoms with E-state index in [1.165, 1.54) is 12.1 Å². The number of hydrogen-bond donors (Lipinski definition) is 1. The van der Waals surface area contributed by atoms with Crippen LogP contribution in [0.3, 0.4) is 0 Å². The summed E-state index contributed by atoms with van der Waals surface area (Å²) in [6.45, 7) is 3.99. The van der Waals surface area contributed by atoms with E-state index in [4.69, 9.17) is 12.2 Å². The third-order valence-electron chi connectivity index (χ3n) is 3.18. The highest BCUT2D eigenvalue weighted by atomic mass is 32.1. The maximum Gasteiger partial charge on any atom is 0.332 e. The first-order valence-electron chi connectivity index (χ1n) is 7.41. The van der Waals surface area contributed by atoms with Crippen molar-refractivity contribution in [3.05, 3.63) is 66.4 Å². The van der Waals surface area contributed by atoms with E-state index in [-0.39, 0.29) is 16.5 Å². The van der Waals surface area contributed by atoms with Gasteiger partial charge in [0.05, 0.1) is 13.2 Å². The standard InChI is InChI=1S/C18H17N3O3S/c1-3-11-19-18(25)21-15(12-16(22)24-2)17(23)14(20-21)10-9-13-7-5-4-6-8-13/h3-10,12H,1,11H2,2H3,(H,19,25)/b10-9+,15-12+. The van der Waals surface area contributed by atoms with Gasteiger partial charge in [0.25, 0.3) is 0 Å². The lowest BCUT2D eigenvalue weighted by Gasteiger charge is -2.16. The molecule has 1 aliphatic rings. The molecule has 1 heterocycles. The van der Waals surface area contributed by atoms with Crippen LogP contribution in [-0.2, 0) is 14.3 Å². The van der Waals surface area contributed by atoms with Crippen LogP contribution in [0.1, 0.15) is 5.56 Å². The number of hydrazone groups is 1. The highest BCUT2D eigenvalue weighted by molar-refractivity contribution is 7.80. The van der Waals surface area contributed by atoms with Crippen molar-refractivity contribution >= 4 is 40.9 Å². The van der Waals surface area contributed by atoms with Gasteiger partial charge in [0.2, 0.25) is 5.78 Å². The molecule has 0 atom stereocenters. The predicted octanol–water partition coefficient (Wildman–Crippen LogP) is 2.06. The van der Waals surface area contributed by atoms with Crippen molar-refractivity contribution in [2.75, 3.05) is 13.7 Å². The number of thiocarbonyl (C=S) groups is 1. The van der Waals surface area contributed by atoms with Gasteiger partial charge in [-0.05, 0) is 23.9 Å². The van der Waals surface area contributed by atoms with Crippen LogP contribution < -0.4 is 5.32 Å². The van der Waals surface area contributed by atoms with Crippen LogP contribution >= 0.6 is 12.2 Å². The van der Waals surface area contributed by atoms with Gasteiger partial charge in [-0.3, -0.25) is 4.79 Å². The fourth-order valence-electron chi connectivity index (χ4n) is 1.97. The second-order valence-corrected chi connectivity index (χ2v) is 5.28. The molecule has 0 bridgehead atoms. The van der Waals surface area contributed by atoms with Gasteiger partial charge in [0.1, 0.15) is 11.4 Å². The van der Waals surface area contributed by atoms with Gasteiger partial charge in [-0.25, -0.2) is 9.80 Å². The molecule has 0 saturated carbocycles. The van der Waals surface area contributed by atoms with Crippen LogP contribution in [-0.4, -0.2) is 41.2 Å². The number of allylic oxidation sites excluding steroid dienone is 2. The minimum absolute atomic E-state index is 0.0288. The second-order valence-electron chi connectivity index (χ2n) is 4.90. The topological polar surface area (TPSA) is 71.0 Å². The maximum atomic E-state index is 12.6. The van der Waals surface area contributed by atoms with E-state index in [2.05, 4.69) is 21.7 Å². The van der Waals surface area contributed by atoms with Crippen molar-refractivity contribution in [3.63, 3.8) is 0 Å². The summed E-state index contributed by atoms with van der Waals surface area (Å²) >= 11 is 5.22. The number of ether oxygens (including phenoxy) is 1. The summed E-state index contributed by atoms with van der Waals surface area (Å²) < 4.78 is 4.59. The van der Waals surface area contributed by atoms with E-state index in [1.807, 2.05) is 30.3 Å². The number of nitrogens with zero attached hydrogens (tertiary/aromatic N) is 2. The molecule has 1 aromatic rings. The summed E-state index contributed by atoms with van der Waals surface area (Å²) in [4.78, 5) is 24.1. The number of benzene rings is 1. The van der Waals surface area contributed by atoms with Crippen LogP contribution in [0.4, 0.5) is 0 Å². The molecule has 0 unspecified atom stereocenters. The van der Waals surface area contributed by atoms with Gasteiger partial charge < -0.3 is 10.1 Å². The molecular formula is C18H17N3O3S. The normalized spacial score (nSPS) is 15.4. The smallest absolute Gasteiger partial charge is 0.332 e. The van der Waals surface area contributed by atoms with E-state index >= 15 is 0 Å². The van der Waals surface area contributed by atoms with Crippen LogP contribution in [0.25, 0.3) is 6.08 Å². The first-order valence-corrected chi connectivity index (χ1v) is 7.82. The first kappa shape index (κ1) is 18.3. The van der Waals surface area contributed by atoms with Gasteiger partial charge in [-0.1, -0.05) is 42.5 Å². The van der Waals surface area contributed by atoms with Crippen LogP contribution in [0, 0.1) is 0 Å². The molecule has 7 heteroatoms. The van der Waals surface area contributed by atoms with E-state index in [0.717, 1.165) is 11.6 Å². The molecule has 0 saturated heterocycles. The van der Waals surface area contributed by atoms with E-state index in [9.17, 15) is 9.59 Å². The summed E-state index contributed by atoms with van der Waals surface area (Å²) in [7, 11) is 1.23. The van der Waals surface area contributed by atoms with Crippen molar-refractivity contribution in [2.24, 2.45) is 5.10 Å². The summed E-state index contributed by atoms with van der Waals surface area (Å²) in [6.07, 6.45) is 6.03. The number of carbonyl (C=O) groups excluding carboxylic acids is 2. The molecule has 2 rings (SSSR count). The molecule has 1 aromatic carbocycles. The number of rotatable bonds is 5. The van der Waals surface area contributed by atoms with E-state index in [1.54, 1.807) is 18.2 Å². The Balaban J connectivity index is 2.30. The number of ketones is 1. The molecule has 0 aromatic heterocycles. The molecule has 1 N–H and O–H groups in total. The van der Waals surface area contributed by atoms with Crippen molar-refractivity contribution < 1.29 is 14.3 Å². The molecule has 0 amide bonds. The van der Waals surface area contributed by atoms with Gasteiger partial charge in [-0.15, -0.1) is 6.58 Å². The Morgan fingerprint density at radius 3 is 2.72 bits per heavy atom.